The summed E-state index contributed by atoms with van der Waals surface area (Å²) < 4.78 is 4.90. The van der Waals surface area contributed by atoms with E-state index in [0.29, 0.717) is 10.6 Å². The van der Waals surface area contributed by atoms with E-state index in [1.165, 1.54) is 19.3 Å². The first kappa shape index (κ1) is 8.92. The van der Waals surface area contributed by atoms with Crippen molar-refractivity contribution in [1.82, 2.24) is 15.2 Å². The van der Waals surface area contributed by atoms with Crippen LogP contribution < -0.4 is 0 Å². The lowest BCUT2D eigenvalue weighted by Crippen LogP contribution is -1.93. The number of hydrogen-bond acceptors (Lipinski definition) is 4. The van der Waals surface area contributed by atoms with Gasteiger partial charge < -0.3 is 4.74 Å². The minimum atomic E-state index is -0.434. The van der Waals surface area contributed by atoms with Crippen molar-refractivity contribution in [2.45, 2.75) is 0 Å². The Morgan fingerprint density at radius 2 is 2.50 bits per heavy atom. The molecule has 0 unspecified atom stereocenters. The highest BCUT2D eigenvalue weighted by Crippen LogP contribution is 2.01. The zero-order valence-corrected chi connectivity index (χ0v) is 7.83. The standard InChI is InChI=1S/C6H6BrN3O2/c1-12-5(11)3-2-4-8-6(7)10-9-4/h2-3H,1H3,(H,8,9,10)/b3-2+. The first-order chi connectivity index (χ1) is 5.72. The fraction of sp³-hybridized carbons (Fsp3) is 0.167. The molecule has 1 heterocycles. The minimum Gasteiger partial charge on any atom is -0.466 e. The molecule has 1 aromatic heterocycles. The number of rotatable bonds is 2. The highest BCUT2D eigenvalue weighted by molar-refractivity contribution is 9.10. The number of nitrogens with one attached hydrogen (secondary N) is 1. The van der Waals surface area contributed by atoms with E-state index in [-0.39, 0.29) is 0 Å². The van der Waals surface area contributed by atoms with Crippen molar-refractivity contribution in [2.75, 3.05) is 7.11 Å². The molecule has 0 aliphatic heterocycles. The quantitative estimate of drug-likeness (QED) is 0.603. The van der Waals surface area contributed by atoms with E-state index < -0.39 is 5.97 Å². The van der Waals surface area contributed by atoms with Gasteiger partial charge in [-0.25, -0.2) is 9.78 Å². The number of hydrogen-bond donors (Lipinski definition) is 1. The Morgan fingerprint density at radius 1 is 1.75 bits per heavy atom. The van der Waals surface area contributed by atoms with Crippen LogP contribution in [0.1, 0.15) is 5.82 Å². The Kier molecular flexibility index (Phi) is 2.98. The van der Waals surface area contributed by atoms with E-state index in [2.05, 4.69) is 35.8 Å². The second kappa shape index (κ2) is 4.01. The predicted molar refractivity (Wildman–Crippen MR) is 45.1 cm³/mol. The normalized spacial score (nSPS) is 10.5. The third-order valence-electron chi connectivity index (χ3n) is 1.05. The maximum atomic E-state index is 10.6. The van der Waals surface area contributed by atoms with Gasteiger partial charge in [-0.15, -0.1) is 0 Å². The van der Waals surface area contributed by atoms with E-state index in [9.17, 15) is 4.79 Å². The maximum absolute atomic E-state index is 10.6. The molecule has 0 aliphatic rings. The molecule has 0 aliphatic carbocycles. The summed E-state index contributed by atoms with van der Waals surface area (Å²) in [6, 6.07) is 0. The summed E-state index contributed by atoms with van der Waals surface area (Å²) in [6.07, 6.45) is 2.70. The van der Waals surface area contributed by atoms with Gasteiger partial charge in [0, 0.05) is 6.08 Å². The lowest BCUT2D eigenvalue weighted by Gasteiger charge is -1.86. The number of H-pyrrole nitrogens is 1. The summed E-state index contributed by atoms with van der Waals surface area (Å²) in [4.78, 5) is 14.5. The van der Waals surface area contributed by atoms with Crippen LogP contribution in [0.25, 0.3) is 6.08 Å². The van der Waals surface area contributed by atoms with Gasteiger partial charge >= 0.3 is 5.97 Å². The molecule has 0 bridgehead atoms. The highest BCUT2D eigenvalue weighted by Gasteiger charge is 1.96. The Balaban J connectivity index is 2.63. The summed E-state index contributed by atoms with van der Waals surface area (Å²) in [5, 5.41) is 6.31. The Hall–Kier alpha value is -1.17. The molecule has 0 fully saturated rings. The van der Waals surface area contributed by atoms with E-state index in [1.807, 2.05) is 0 Å². The average molecular weight is 232 g/mol. The number of aromatic nitrogens is 3. The molecule has 0 atom stereocenters. The van der Waals surface area contributed by atoms with Gasteiger partial charge in [0.1, 0.15) is 0 Å². The molecule has 0 saturated carbocycles. The summed E-state index contributed by atoms with van der Waals surface area (Å²) >= 11 is 3.08. The molecule has 1 N–H and O–H groups in total. The highest BCUT2D eigenvalue weighted by atomic mass is 79.9. The van der Waals surface area contributed by atoms with Gasteiger partial charge in [0.15, 0.2) is 10.6 Å². The number of methoxy groups -OCH3 is 1. The van der Waals surface area contributed by atoms with Gasteiger partial charge in [-0.1, -0.05) is 0 Å². The van der Waals surface area contributed by atoms with Gasteiger partial charge in [0.25, 0.3) is 0 Å². The topological polar surface area (TPSA) is 67.9 Å². The van der Waals surface area contributed by atoms with Crippen molar-refractivity contribution in [3.05, 3.63) is 16.6 Å². The maximum Gasteiger partial charge on any atom is 0.330 e. The number of esters is 1. The van der Waals surface area contributed by atoms with Gasteiger partial charge in [-0.2, -0.15) is 5.10 Å². The van der Waals surface area contributed by atoms with Crippen molar-refractivity contribution in [1.29, 1.82) is 0 Å². The van der Waals surface area contributed by atoms with Gasteiger partial charge in [-0.3, -0.25) is 5.10 Å². The summed E-state index contributed by atoms with van der Waals surface area (Å²) in [7, 11) is 1.31. The zero-order valence-electron chi connectivity index (χ0n) is 6.24. The lowest BCUT2D eigenvalue weighted by atomic mass is 10.5. The van der Waals surface area contributed by atoms with Gasteiger partial charge in [0.05, 0.1) is 7.11 Å². The molecular formula is C6H6BrN3O2. The van der Waals surface area contributed by atoms with E-state index in [4.69, 9.17) is 0 Å². The second-order valence-corrected chi connectivity index (χ2v) is 2.59. The molecule has 0 saturated heterocycles. The Bertz CT molecular complexity index is 307. The smallest absolute Gasteiger partial charge is 0.330 e. The van der Waals surface area contributed by atoms with Crippen LogP contribution >= 0.6 is 15.9 Å². The average Bonchev–Trinajstić information content (AvgIpc) is 2.47. The number of halogens is 1. The van der Waals surface area contributed by atoms with Crippen molar-refractivity contribution in [3.63, 3.8) is 0 Å². The summed E-state index contributed by atoms with van der Waals surface area (Å²) in [6.45, 7) is 0. The monoisotopic (exact) mass is 231 g/mol. The van der Waals surface area contributed by atoms with Crippen LogP contribution in [0.4, 0.5) is 0 Å². The minimum absolute atomic E-state index is 0.423. The molecule has 0 spiro atoms. The van der Waals surface area contributed by atoms with E-state index >= 15 is 0 Å². The molecule has 6 heteroatoms. The first-order valence-corrected chi connectivity index (χ1v) is 3.85. The lowest BCUT2D eigenvalue weighted by molar-refractivity contribution is -0.134. The van der Waals surface area contributed by atoms with Crippen LogP contribution in [0.15, 0.2) is 10.8 Å². The molecule has 1 rings (SSSR count). The van der Waals surface area contributed by atoms with Crippen LogP contribution in [0, 0.1) is 0 Å². The Morgan fingerprint density at radius 3 is 3.00 bits per heavy atom. The molecule has 64 valence electrons. The van der Waals surface area contributed by atoms with E-state index in [0.717, 1.165) is 0 Å². The van der Waals surface area contributed by atoms with Crippen LogP contribution in [0.2, 0.25) is 0 Å². The molecule has 1 aromatic rings. The van der Waals surface area contributed by atoms with Crippen LogP contribution in [-0.4, -0.2) is 28.3 Å². The molecule has 0 radical (unpaired) electrons. The first-order valence-electron chi connectivity index (χ1n) is 3.06. The molecular weight excluding hydrogens is 226 g/mol. The van der Waals surface area contributed by atoms with E-state index in [1.54, 1.807) is 0 Å². The third-order valence-corrected chi connectivity index (χ3v) is 1.40. The fourth-order valence-corrected chi connectivity index (χ4v) is 0.809. The van der Waals surface area contributed by atoms with Gasteiger partial charge in [-0.05, 0) is 22.0 Å². The Labute approximate surface area is 77.0 Å². The van der Waals surface area contributed by atoms with Crippen molar-refractivity contribution in [2.24, 2.45) is 0 Å². The third kappa shape index (κ3) is 2.46. The van der Waals surface area contributed by atoms with Crippen LogP contribution in [0.5, 0.6) is 0 Å². The van der Waals surface area contributed by atoms with Crippen LogP contribution in [-0.2, 0) is 9.53 Å². The van der Waals surface area contributed by atoms with Crippen molar-refractivity contribution >= 4 is 28.0 Å². The molecule has 0 aromatic carbocycles. The fourth-order valence-electron chi connectivity index (χ4n) is 0.539. The SMILES string of the molecule is COC(=O)/C=C/c1n[nH]c(Br)n1. The number of nitrogens with zero attached hydrogens (tertiary/aromatic N) is 2. The number of carbonyl (C=O) groups is 1. The van der Waals surface area contributed by atoms with Crippen molar-refractivity contribution in [3.8, 4) is 0 Å². The number of aromatic amines is 1. The number of carbonyl (C=O) groups excluding carboxylic acids is 1. The zero-order chi connectivity index (χ0) is 8.97. The van der Waals surface area contributed by atoms with Gasteiger partial charge in [0.2, 0.25) is 0 Å². The molecule has 12 heavy (non-hydrogen) atoms. The largest absolute Gasteiger partial charge is 0.466 e. The summed E-state index contributed by atoms with van der Waals surface area (Å²) in [5.74, 6) is -0.0109. The summed E-state index contributed by atoms with van der Waals surface area (Å²) in [5.41, 5.74) is 0. The van der Waals surface area contributed by atoms with Crippen LogP contribution in [0.3, 0.4) is 0 Å². The molecule has 5 nitrogen and oxygen atoms in total. The predicted octanol–water partition coefficient (Wildman–Crippen LogP) is 0.753. The second-order valence-electron chi connectivity index (χ2n) is 1.84. The van der Waals surface area contributed by atoms with Crippen molar-refractivity contribution < 1.29 is 9.53 Å². The molecule has 0 amide bonds. The number of ether oxygens (including phenoxy) is 1.